The first-order chi connectivity index (χ1) is 16.6. The summed E-state index contributed by atoms with van der Waals surface area (Å²) in [6, 6.07) is 19.4. The van der Waals surface area contributed by atoms with Gasteiger partial charge in [-0.05, 0) is 24.3 Å². The van der Waals surface area contributed by atoms with Crippen molar-refractivity contribution in [3.05, 3.63) is 71.8 Å². The molecule has 0 saturated carbocycles. The second-order valence-electron chi connectivity index (χ2n) is 10.5. The van der Waals surface area contributed by atoms with Crippen LogP contribution in [0.1, 0.15) is 33.6 Å². The van der Waals surface area contributed by atoms with Crippen LogP contribution in [0.5, 0.6) is 0 Å². The van der Waals surface area contributed by atoms with Crippen LogP contribution in [0, 0.1) is 0 Å². The smallest absolute Gasteiger partial charge is 0.254 e. The first-order valence-corrected chi connectivity index (χ1v) is 13.0. The normalized spacial score (nSPS) is 27.9. The molecule has 3 saturated heterocycles. The van der Waals surface area contributed by atoms with Crippen molar-refractivity contribution in [3.8, 4) is 0 Å². The van der Waals surface area contributed by atoms with Crippen molar-refractivity contribution in [2.24, 2.45) is 0 Å². The van der Waals surface area contributed by atoms with Gasteiger partial charge in [-0.2, -0.15) is 0 Å². The van der Waals surface area contributed by atoms with Gasteiger partial charge < -0.3 is 18.8 Å². The molecule has 2 aromatic carbocycles. The molecule has 5 rings (SSSR count). The predicted octanol–water partition coefficient (Wildman–Crippen LogP) is 2.73. The molecule has 3 fully saturated rings. The van der Waals surface area contributed by atoms with Crippen LogP contribution < -0.4 is 0 Å². The van der Waals surface area contributed by atoms with Gasteiger partial charge in [-0.15, -0.1) is 0 Å². The zero-order valence-corrected chi connectivity index (χ0v) is 20.3. The van der Waals surface area contributed by atoms with E-state index in [1.165, 1.54) is 39.3 Å². The van der Waals surface area contributed by atoms with Crippen LogP contribution in [0.25, 0.3) is 0 Å². The van der Waals surface area contributed by atoms with Crippen LogP contribution in [0.4, 0.5) is 0 Å². The lowest BCUT2D eigenvalue weighted by atomic mass is 10.1. The molecule has 0 aliphatic carbocycles. The molecule has 2 amide bonds. The number of hydrogen-bond acceptors (Lipinski definition) is 2. The molecule has 3 heterocycles. The van der Waals surface area contributed by atoms with Gasteiger partial charge in [0.25, 0.3) is 11.8 Å². The molecule has 0 N–H and O–H groups in total. The molecule has 6 heteroatoms. The van der Waals surface area contributed by atoms with Gasteiger partial charge in [0.2, 0.25) is 0 Å². The number of carbonyl (C=O) groups is 2. The summed E-state index contributed by atoms with van der Waals surface area (Å²) in [5.41, 5.74) is 1.61. The Kier molecular flexibility index (Phi) is 6.70. The van der Waals surface area contributed by atoms with E-state index in [1.807, 2.05) is 60.7 Å². The van der Waals surface area contributed by atoms with Crippen LogP contribution in [-0.4, -0.2) is 109 Å². The standard InChI is InChI=1S/C28H38N4O2/c33-27(25-9-3-1-4-10-25)29-13-7-17-31(19-15-29)21-23-32(24-22-31)18-8-14-30(16-20-32)28(34)26-11-5-2-6-12-26/h1-6,9-12H,7-8,13-24H2/q+2. The van der Waals surface area contributed by atoms with E-state index in [0.29, 0.717) is 0 Å². The summed E-state index contributed by atoms with van der Waals surface area (Å²) >= 11 is 0. The molecular weight excluding hydrogens is 424 g/mol. The van der Waals surface area contributed by atoms with Crippen molar-refractivity contribution >= 4 is 11.8 Å². The van der Waals surface area contributed by atoms with E-state index >= 15 is 0 Å². The van der Waals surface area contributed by atoms with Crippen molar-refractivity contribution in [3.63, 3.8) is 0 Å². The maximum Gasteiger partial charge on any atom is 0.254 e. The lowest BCUT2D eigenvalue weighted by Gasteiger charge is -2.49. The number of amides is 2. The molecular formula is C28H38N4O2+2. The Morgan fingerprint density at radius 2 is 0.882 bits per heavy atom. The third-order valence-corrected chi connectivity index (χ3v) is 8.52. The fourth-order valence-electron chi connectivity index (χ4n) is 6.21. The topological polar surface area (TPSA) is 40.6 Å². The first kappa shape index (κ1) is 23.1. The van der Waals surface area contributed by atoms with Crippen LogP contribution in [-0.2, 0) is 0 Å². The molecule has 3 aliphatic rings. The molecule has 0 atom stereocenters. The van der Waals surface area contributed by atoms with E-state index in [1.54, 1.807) is 0 Å². The van der Waals surface area contributed by atoms with Crippen LogP contribution in [0.15, 0.2) is 60.7 Å². The number of benzene rings is 2. The van der Waals surface area contributed by atoms with Crippen molar-refractivity contribution in [2.45, 2.75) is 12.8 Å². The minimum atomic E-state index is 0.178. The van der Waals surface area contributed by atoms with Crippen molar-refractivity contribution in [2.75, 3.05) is 78.5 Å². The van der Waals surface area contributed by atoms with Gasteiger partial charge in [-0.25, -0.2) is 0 Å². The third kappa shape index (κ3) is 4.89. The fraction of sp³-hybridized carbons (Fsp3) is 0.500. The van der Waals surface area contributed by atoms with E-state index in [4.69, 9.17) is 0 Å². The van der Waals surface area contributed by atoms with Gasteiger partial charge in [-0.3, -0.25) is 9.59 Å². The van der Waals surface area contributed by atoms with E-state index in [9.17, 15) is 9.59 Å². The molecule has 6 nitrogen and oxygen atoms in total. The Labute approximate surface area is 203 Å². The van der Waals surface area contributed by atoms with Crippen LogP contribution in [0.3, 0.4) is 0 Å². The monoisotopic (exact) mass is 462 g/mol. The average molecular weight is 463 g/mol. The molecule has 0 bridgehead atoms. The molecule has 2 spiro atoms. The highest BCUT2D eigenvalue weighted by molar-refractivity contribution is 5.94. The number of nitrogens with zero attached hydrogens (tertiary/aromatic N) is 4. The SMILES string of the molecule is O=C(c1ccccc1)N1CCC[N+]2(CC1)CC[N+]1(CCCN(C(=O)c3ccccc3)CC1)CC2. The molecule has 34 heavy (non-hydrogen) atoms. The summed E-state index contributed by atoms with van der Waals surface area (Å²) in [5.74, 6) is 0.355. The highest BCUT2D eigenvalue weighted by atomic mass is 16.2. The highest BCUT2D eigenvalue weighted by Gasteiger charge is 2.44. The minimum Gasteiger partial charge on any atom is -0.333 e. The second kappa shape index (κ2) is 9.88. The molecule has 3 aliphatic heterocycles. The summed E-state index contributed by atoms with van der Waals surface area (Å²) in [5, 5.41) is 0. The molecule has 0 unspecified atom stereocenters. The summed E-state index contributed by atoms with van der Waals surface area (Å²) in [7, 11) is 0. The fourth-order valence-corrected chi connectivity index (χ4v) is 6.21. The van der Waals surface area contributed by atoms with Crippen LogP contribution >= 0.6 is 0 Å². The lowest BCUT2D eigenvalue weighted by molar-refractivity contribution is -1.03. The van der Waals surface area contributed by atoms with Crippen molar-refractivity contribution in [1.82, 2.24) is 9.80 Å². The summed E-state index contributed by atoms with van der Waals surface area (Å²) in [6.07, 6.45) is 2.16. The quantitative estimate of drug-likeness (QED) is 0.644. The van der Waals surface area contributed by atoms with Gasteiger partial charge >= 0.3 is 0 Å². The zero-order valence-electron chi connectivity index (χ0n) is 20.3. The second-order valence-corrected chi connectivity index (χ2v) is 10.5. The van der Waals surface area contributed by atoms with Crippen molar-refractivity contribution in [1.29, 1.82) is 0 Å². The number of carbonyl (C=O) groups excluding carboxylic acids is 2. The Morgan fingerprint density at radius 3 is 1.26 bits per heavy atom. The van der Waals surface area contributed by atoms with Gasteiger partial charge in [0.1, 0.15) is 26.2 Å². The molecule has 0 aromatic heterocycles. The van der Waals surface area contributed by atoms with Gasteiger partial charge in [0.15, 0.2) is 0 Å². The largest absolute Gasteiger partial charge is 0.333 e. The van der Waals surface area contributed by atoms with Crippen molar-refractivity contribution < 1.29 is 18.6 Å². The average Bonchev–Trinajstić information content (AvgIpc) is 3.23. The number of rotatable bonds is 2. The number of hydrogen-bond donors (Lipinski definition) is 0. The summed E-state index contributed by atoms with van der Waals surface area (Å²) in [4.78, 5) is 30.1. The van der Waals surface area contributed by atoms with E-state index in [2.05, 4.69) is 9.80 Å². The number of quaternary nitrogens is 2. The molecule has 2 aromatic rings. The van der Waals surface area contributed by atoms with E-state index in [-0.39, 0.29) is 11.8 Å². The van der Waals surface area contributed by atoms with Gasteiger partial charge in [0, 0.05) is 37.1 Å². The summed E-state index contributed by atoms with van der Waals surface area (Å²) < 4.78 is 2.32. The maximum atomic E-state index is 13.0. The first-order valence-electron chi connectivity index (χ1n) is 13.0. The minimum absolute atomic E-state index is 0.178. The predicted molar refractivity (Wildman–Crippen MR) is 133 cm³/mol. The molecule has 180 valence electrons. The van der Waals surface area contributed by atoms with Gasteiger partial charge in [0.05, 0.1) is 39.3 Å². The highest BCUT2D eigenvalue weighted by Crippen LogP contribution is 2.25. The Hall–Kier alpha value is -2.70. The Morgan fingerprint density at radius 1 is 0.500 bits per heavy atom. The van der Waals surface area contributed by atoms with Crippen LogP contribution in [0.2, 0.25) is 0 Å². The lowest BCUT2D eigenvalue weighted by Crippen LogP contribution is -2.68. The van der Waals surface area contributed by atoms with E-state index in [0.717, 1.165) is 72.2 Å². The third-order valence-electron chi connectivity index (χ3n) is 8.52. The molecule has 0 radical (unpaired) electrons. The number of piperazine rings is 1. The maximum absolute atomic E-state index is 13.0. The summed E-state index contributed by atoms with van der Waals surface area (Å²) in [6.45, 7) is 12.7. The van der Waals surface area contributed by atoms with E-state index < -0.39 is 0 Å². The zero-order chi connectivity index (χ0) is 23.4. The Balaban J connectivity index is 1.17. The van der Waals surface area contributed by atoms with Gasteiger partial charge in [-0.1, -0.05) is 36.4 Å². The Bertz CT molecular complexity index is 904.